The number of nitrogens with one attached hydrogen (secondary N) is 1. The Labute approximate surface area is 163 Å². The Balaban J connectivity index is 2.07. The molecule has 0 saturated heterocycles. The zero-order valence-electron chi connectivity index (χ0n) is 15.7. The molecule has 0 aliphatic rings. The lowest BCUT2D eigenvalue weighted by molar-refractivity contribution is -0.0517. The van der Waals surface area contributed by atoms with Gasteiger partial charge in [-0.3, -0.25) is 0 Å². The summed E-state index contributed by atoms with van der Waals surface area (Å²) in [5.74, 6) is 0.803. The van der Waals surface area contributed by atoms with E-state index in [4.69, 9.17) is 9.47 Å². The Morgan fingerprint density at radius 3 is 2.32 bits per heavy atom. The molecular weight excluding hydrogens is 392 g/mol. The Bertz CT molecular complexity index is 874. The van der Waals surface area contributed by atoms with E-state index in [0.29, 0.717) is 31.1 Å². The molecule has 0 heterocycles. The van der Waals surface area contributed by atoms with Crippen molar-refractivity contribution in [2.75, 3.05) is 19.8 Å². The Hall–Kier alpha value is -2.39. The second-order valence-corrected chi connectivity index (χ2v) is 7.36. The van der Waals surface area contributed by atoms with Gasteiger partial charge in [0, 0.05) is 6.54 Å². The van der Waals surface area contributed by atoms with Crippen molar-refractivity contribution in [1.29, 1.82) is 0 Å². The summed E-state index contributed by atoms with van der Waals surface area (Å²) in [6.07, 6.45) is 0.379. The Morgan fingerprint density at radius 2 is 1.64 bits per heavy atom. The van der Waals surface area contributed by atoms with E-state index >= 15 is 0 Å². The Morgan fingerprint density at radius 1 is 0.964 bits per heavy atom. The molecule has 2 rings (SSSR count). The van der Waals surface area contributed by atoms with E-state index in [1.54, 1.807) is 12.1 Å². The average molecular weight is 415 g/mol. The van der Waals surface area contributed by atoms with Crippen molar-refractivity contribution in [3.8, 4) is 17.2 Å². The highest BCUT2D eigenvalue weighted by Gasteiger charge is 2.20. The first-order chi connectivity index (χ1) is 13.4. The van der Waals surface area contributed by atoms with Crippen LogP contribution < -0.4 is 18.9 Å². The van der Waals surface area contributed by atoms with Gasteiger partial charge in [0.2, 0.25) is 10.0 Å². The first-order valence-electron chi connectivity index (χ1n) is 8.79. The van der Waals surface area contributed by atoms with E-state index in [2.05, 4.69) is 9.46 Å². The molecule has 0 bridgehead atoms. The molecular formula is C19H23F2NO5S. The lowest BCUT2D eigenvalue weighted by atomic mass is 10.1. The minimum atomic E-state index is -4.01. The minimum absolute atomic E-state index is 0.0743. The number of para-hydroxylation sites is 1. The molecule has 154 valence electrons. The van der Waals surface area contributed by atoms with E-state index in [-0.39, 0.29) is 11.4 Å². The van der Waals surface area contributed by atoms with Crippen molar-refractivity contribution in [3.63, 3.8) is 0 Å². The molecule has 0 fully saturated rings. The normalized spacial score (nSPS) is 11.5. The molecule has 9 heteroatoms. The topological polar surface area (TPSA) is 73.9 Å². The van der Waals surface area contributed by atoms with E-state index in [1.807, 2.05) is 19.9 Å². The molecule has 0 saturated carbocycles. The molecule has 0 aliphatic carbocycles. The van der Waals surface area contributed by atoms with Crippen LogP contribution in [0.15, 0.2) is 47.4 Å². The van der Waals surface area contributed by atoms with Crippen molar-refractivity contribution < 1.29 is 31.4 Å². The quantitative estimate of drug-likeness (QED) is 0.607. The van der Waals surface area contributed by atoms with Crippen LogP contribution in [0.1, 0.15) is 19.4 Å². The van der Waals surface area contributed by atoms with Crippen molar-refractivity contribution in [2.45, 2.75) is 31.8 Å². The van der Waals surface area contributed by atoms with Gasteiger partial charge in [-0.2, -0.15) is 8.78 Å². The van der Waals surface area contributed by atoms with Crippen LogP contribution in [0.3, 0.4) is 0 Å². The van der Waals surface area contributed by atoms with Crippen LogP contribution in [-0.2, 0) is 16.4 Å². The number of sulfonamides is 1. The predicted octanol–water partition coefficient (Wildman–Crippen LogP) is 3.61. The monoisotopic (exact) mass is 415 g/mol. The second-order valence-electron chi connectivity index (χ2n) is 5.62. The van der Waals surface area contributed by atoms with Crippen LogP contribution in [0.5, 0.6) is 17.2 Å². The predicted molar refractivity (Wildman–Crippen MR) is 101 cm³/mol. The first kappa shape index (κ1) is 21.9. The summed E-state index contributed by atoms with van der Waals surface area (Å²) >= 11 is 0. The third kappa shape index (κ3) is 6.07. The van der Waals surface area contributed by atoms with Gasteiger partial charge in [0.05, 0.1) is 13.2 Å². The van der Waals surface area contributed by atoms with E-state index in [9.17, 15) is 17.2 Å². The zero-order valence-corrected chi connectivity index (χ0v) is 16.5. The second kappa shape index (κ2) is 10.2. The summed E-state index contributed by atoms with van der Waals surface area (Å²) in [5.41, 5.74) is 0.840. The fourth-order valence-corrected chi connectivity index (χ4v) is 3.69. The number of benzene rings is 2. The van der Waals surface area contributed by atoms with Gasteiger partial charge in [0.15, 0.2) is 11.5 Å². The standard InChI is InChI=1S/C19H23F2NO5S/c1-3-25-15-10-9-14(13-17(15)26-4-2)11-12-22-28(23,24)18-8-6-5-7-16(18)27-19(20)21/h5-10,13,19,22H,3-4,11-12H2,1-2H3. The first-order valence-corrected chi connectivity index (χ1v) is 10.3. The maximum absolute atomic E-state index is 12.5. The summed E-state index contributed by atoms with van der Waals surface area (Å²) < 4.78 is 67.6. The van der Waals surface area contributed by atoms with Crippen molar-refractivity contribution in [1.82, 2.24) is 4.72 Å². The van der Waals surface area contributed by atoms with Gasteiger partial charge in [0.25, 0.3) is 0 Å². The van der Waals surface area contributed by atoms with Crippen molar-refractivity contribution in [2.24, 2.45) is 0 Å². The SMILES string of the molecule is CCOc1ccc(CCNS(=O)(=O)c2ccccc2OC(F)F)cc1OCC. The van der Waals surface area contributed by atoms with Crippen LogP contribution in [0, 0.1) is 0 Å². The molecule has 0 amide bonds. The van der Waals surface area contributed by atoms with Gasteiger partial charge in [-0.25, -0.2) is 13.1 Å². The molecule has 1 N–H and O–H groups in total. The number of halogens is 2. The molecule has 6 nitrogen and oxygen atoms in total. The van der Waals surface area contributed by atoms with Crippen LogP contribution in [0.4, 0.5) is 8.78 Å². The lowest BCUT2D eigenvalue weighted by Crippen LogP contribution is -2.26. The third-order valence-corrected chi connectivity index (χ3v) is 5.17. The van der Waals surface area contributed by atoms with Gasteiger partial charge in [-0.05, 0) is 50.1 Å². The van der Waals surface area contributed by atoms with E-state index in [1.165, 1.54) is 24.3 Å². The van der Waals surface area contributed by atoms with Crippen molar-refractivity contribution >= 4 is 10.0 Å². The fraction of sp³-hybridized carbons (Fsp3) is 0.368. The summed E-state index contributed by atoms with van der Waals surface area (Å²) in [4.78, 5) is -0.336. The summed E-state index contributed by atoms with van der Waals surface area (Å²) in [6.45, 7) is 1.65. The molecule has 28 heavy (non-hydrogen) atoms. The third-order valence-electron chi connectivity index (χ3n) is 3.67. The number of ether oxygens (including phenoxy) is 3. The maximum atomic E-state index is 12.5. The summed E-state index contributed by atoms with van der Waals surface area (Å²) in [7, 11) is -4.01. The molecule has 0 radical (unpaired) electrons. The molecule has 0 spiro atoms. The molecule has 2 aromatic rings. The fourth-order valence-electron chi connectivity index (χ4n) is 2.52. The summed E-state index contributed by atoms with van der Waals surface area (Å²) in [6, 6.07) is 10.6. The summed E-state index contributed by atoms with van der Waals surface area (Å²) in [5, 5.41) is 0. The van der Waals surface area contributed by atoms with Gasteiger partial charge < -0.3 is 14.2 Å². The number of hydrogen-bond acceptors (Lipinski definition) is 5. The molecule has 0 atom stereocenters. The molecule has 0 aromatic heterocycles. The smallest absolute Gasteiger partial charge is 0.387 e. The average Bonchev–Trinajstić information content (AvgIpc) is 2.64. The number of hydrogen-bond donors (Lipinski definition) is 1. The van der Waals surface area contributed by atoms with Crippen LogP contribution in [0.25, 0.3) is 0 Å². The lowest BCUT2D eigenvalue weighted by Gasteiger charge is -2.13. The minimum Gasteiger partial charge on any atom is -0.490 e. The van der Waals surface area contributed by atoms with Gasteiger partial charge in [0.1, 0.15) is 10.6 Å². The van der Waals surface area contributed by atoms with Gasteiger partial charge in [-0.15, -0.1) is 0 Å². The van der Waals surface area contributed by atoms with E-state index < -0.39 is 22.4 Å². The number of alkyl halides is 2. The van der Waals surface area contributed by atoms with Crippen molar-refractivity contribution in [3.05, 3.63) is 48.0 Å². The largest absolute Gasteiger partial charge is 0.490 e. The molecule has 0 aliphatic heterocycles. The highest BCUT2D eigenvalue weighted by atomic mass is 32.2. The maximum Gasteiger partial charge on any atom is 0.387 e. The highest BCUT2D eigenvalue weighted by Crippen LogP contribution is 2.29. The number of rotatable bonds is 11. The highest BCUT2D eigenvalue weighted by molar-refractivity contribution is 7.89. The van der Waals surface area contributed by atoms with Crippen LogP contribution in [0.2, 0.25) is 0 Å². The molecule has 2 aromatic carbocycles. The van der Waals surface area contributed by atoms with Crippen LogP contribution >= 0.6 is 0 Å². The Kier molecular flexibility index (Phi) is 8.01. The van der Waals surface area contributed by atoms with Gasteiger partial charge in [-0.1, -0.05) is 18.2 Å². The van der Waals surface area contributed by atoms with Crippen LogP contribution in [-0.4, -0.2) is 34.8 Å². The molecule has 0 unspecified atom stereocenters. The van der Waals surface area contributed by atoms with Gasteiger partial charge >= 0.3 is 6.61 Å². The van der Waals surface area contributed by atoms with E-state index in [0.717, 1.165) is 5.56 Å². The zero-order chi connectivity index (χ0) is 20.6.